The van der Waals surface area contributed by atoms with E-state index >= 15 is 0 Å². The van der Waals surface area contributed by atoms with Gasteiger partial charge in [-0.1, -0.05) is 54.1 Å². The number of nitrogens with one attached hydrogen (secondary N) is 2. The van der Waals surface area contributed by atoms with Crippen LogP contribution in [0.25, 0.3) is 22.4 Å². The zero-order valence-corrected chi connectivity index (χ0v) is 10.7. The molecule has 0 amide bonds. The van der Waals surface area contributed by atoms with Gasteiger partial charge in [0.05, 0.1) is 11.3 Å². The molecule has 3 rings (SSSR count). The van der Waals surface area contributed by atoms with E-state index in [4.69, 9.17) is 11.6 Å². The van der Waals surface area contributed by atoms with Crippen molar-refractivity contribution in [3.8, 4) is 22.4 Å². The maximum atomic E-state index is 12.0. The normalized spacial score (nSPS) is 10.6. The lowest BCUT2D eigenvalue weighted by molar-refractivity contribution is 1.06. The van der Waals surface area contributed by atoms with Crippen LogP contribution in [0.5, 0.6) is 0 Å². The van der Waals surface area contributed by atoms with Crippen molar-refractivity contribution < 1.29 is 0 Å². The summed E-state index contributed by atoms with van der Waals surface area (Å²) in [6.45, 7) is 0. The van der Waals surface area contributed by atoms with E-state index in [1.54, 1.807) is 12.1 Å². The standard InChI is InChI=1S/C15H11ClN2O/c16-12-8-6-11(7-9-12)14-13(15(19)18-17-14)10-4-2-1-3-5-10/h1-9H,(H2,17,18,19). The first-order chi connectivity index (χ1) is 9.25. The molecule has 0 spiro atoms. The Labute approximate surface area is 114 Å². The molecule has 0 atom stereocenters. The molecule has 4 heteroatoms. The maximum Gasteiger partial charge on any atom is 0.272 e. The van der Waals surface area contributed by atoms with Gasteiger partial charge in [0.15, 0.2) is 0 Å². The molecule has 0 radical (unpaired) electrons. The molecule has 0 bridgehead atoms. The molecule has 0 fully saturated rings. The van der Waals surface area contributed by atoms with E-state index in [9.17, 15) is 4.79 Å². The minimum atomic E-state index is -0.129. The number of aromatic nitrogens is 2. The SMILES string of the molecule is O=c1[nH][nH]c(-c2ccc(Cl)cc2)c1-c1ccccc1. The molecule has 0 aliphatic carbocycles. The van der Waals surface area contributed by atoms with Gasteiger partial charge in [0.1, 0.15) is 0 Å². The summed E-state index contributed by atoms with van der Waals surface area (Å²) in [5, 5.41) is 6.23. The van der Waals surface area contributed by atoms with Crippen LogP contribution in [0, 0.1) is 0 Å². The fraction of sp³-hybridized carbons (Fsp3) is 0. The Kier molecular flexibility index (Phi) is 2.97. The van der Waals surface area contributed by atoms with E-state index in [1.807, 2.05) is 42.5 Å². The lowest BCUT2D eigenvalue weighted by atomic mass is 10.0. The summed E-state index contributed by atoms with van der Waals surface area (Å²) in [4.78, 5) is 12.0. The van der Waals surface area contributed by atoms with E-state index in [2.05, 4.69) is 10.2 Å². The number of rotatable bonds is 2. The molecule has 0 aliphatic rings. The number of benzene rings is 2. The van der Waals surface area contributed by atoms with E-state index in [-0.39, 0.29) is 5.56 Å². The zero-order valence-electron chi connectivity index (χ0n) is 9.98. The topological polar surface area (TPSA) is 48.6 Å². The first-order valence-electron chi connectivity index (χ1n) is 5.88. The summed E-state index contributed by atoms with van der Waals surface area (Å²) < 4.78 is 0. The van der Waals surface area contributed by atoms with Crippen LogP contribution in [0.1, 0.15) is 0 Å². The highest BCUT2D eigenvalue weighted by molar-refractivity contribution is 6.30. The molecular weight excluding hydrogens is 260 g/mol. The lowest BCUT2D eigenvalue weighted by Crippen LogP contribution is -2.01. The highest BCUT2D eigenvalue weighted by Gasteiger charge is 2.13. The van der Waals surface area contributed by atoms with Crippen molar-refractivity contribution in [1.82, 2.24) is 10.2 Å². The second-order valence-electron chi connectivity index (χ2n) is 4.20. The van der Waals surface area contributed by atoms with Gasteiger partial charge in [-0.05, 0) is 17.7 Å². The average Bonchev–Trinajstić information content (AvgIpc) is 2.82. The third-order valence-electron chi connectivity index (χ3n) is 2.97. The molecule has 1 heterocycles. The van der Waals surface area contributed by atoms with Gasteiger partial charge in [-0.15, -0.1) is 0 Å². The van der Waals surface area contributed by atoms with Crippen molar-refractivity contribution in [3.05, 3.63) is 70.0 Å². The monoisotopic (exact) mass is 270 g/mol. The highest BCUT2D eigenvalue weighted by atomic mass is 35.5. The molecule has 1 aromatic heterocycles. The summed E-state index contributed by atoms with van der Waals surface area (Å²) >= 11 is 5.88. The summed E-state index contributed by atoms with van der Waals surface area (Å²) in [5.74, 6) is 0. The van der Waals surface area contributed by atoms with E-state index in [1.165, 1.54) is 0 Å². The van der Waals surface area contributed by atoms with E-state index in [0.717, 1.165) is 16.8 Å². The predicted octanol–water partition coefficient (Wildman–Crippen LogP) is 3.69. The molecular formula is C15H11ClN2O. The van der Waals surface area contributed by atoms with E-state index in [0.29, 0.717) is 10.6 Å². The van der Waals surface area contributed by atoms with Gasteiger partial charge < -0.3 is 0 Å². The van der Waals surface area contributed by atoms with Crippen molar-refractivity contribution in [2.45, 2.75) is 0 Å². The maximum absolute atomic E-state index is 12.0. The van der Waals surface area contributed by atoms with Crippen molar-refractivity contribution >= 4 is 11.6 Å². The van der Waals surface area contributed by atoms with Crippen molar-refractivity contribution in [3.63, 3.8) is 0 Å². The fourth-order valence-corrected chi connectivity index (χ4v) is 2.20. The Balaban J connectivity index is 2.19. The zero-order chi connectivity index (χ0) is 13.2. The number of halogens is 1. The summed E-state index contributed by atoms with van der Waals surface area (Å²) in [6.07, 6.45) is 0. The molecule has 2 aromatic carbocycles. The quantitative estimate of drug-likeness (QED) is 0.733. The minimum absolute atomic E-state index is 0.129. The molecule has 94 valence electrons. The number of hydrogen-bond donors (Lipinski definition) is 2. The Bertz CT molecular complexity index is 742. The van der Waals surface area contributed by atoms with Crippen LogP contribution in [0.4, 0.5) is 0 Å². The van der Waals surface area contributed by atoms with Gasteiger partial charge in [-0.2, -0.15) is 0 Å². The molecule has 3 nitrogen and oxygen atoms in total. The molecule has 0 saturated heterocycles. The van der Waals surface area contributed by atoms with Crippen LogP contribution >= 0.6 is 11.6 Å². The van der Waals surface area contributed by atoms with Gasteiger partial charge in [0, 0.05) is 10.6 Å². The molecule has 0 aliphatic heterocycles. The first kappa shape index (κ1) is 11.8. The first-order valence-corrected chi connectivity index (χ1v) is 6.25. The molecule has 3 aromatic rings. The van der Waals surface area contributed by atoms with Gasteiger partial charge >= 0.3 is 0 Å². The minimum Gasteiger partial charge on any atom is -0.297 e. The van der Waals surface area contributed by atoms with Crippen molar-refractivity contribution in [1.29, 1.82) is 0 Å². The van der Waals surface area contributed by atoms with Crippen LogP contribution in [-0.4, -0.2) is 10.2 Å². The summed E-state index contributed by atoms with van der Waals surface area (Å²) in [6, 6.07) is 16.9. The molecule has 2 N–H and O–H groups in total. The summed E-state index contributed by atoms with van der Waals surface area (Å²) in [5.41, 5.74) is 3.09. The smallest absolute Gasteiger partial charge is 0.272 e. The number of hydrogen-bond acceptors (Lipinski definition) is 1. The highest BCUT2D eigenvalue weighted by Crippen LogP contribution is 2.27. The van der Waals surface area contributed by atoms with Crippen LogP contribution in [0.3, 0.4) is 0 Å². The van der Waals surface area contributed by atoms with Crippen LogP contribution in [0.15, 0.2) is 59.4 Å². The van der Waals surface area contributed by atoms with Crippen LogP contribution < -0.4 is 5.56 Å². The Morgan fingerprint density at radius 1 is 0.789 bits per heavy atom. The van der Waals surface area contributed by atoms with E-state index < -0.39 is 0 Å². The van der Waals surface area contributed by atoms with Gasteiger partial charge in [-0.25, -0.2) is 0 Å². The Morgan fingerprint density at radius 3 is 2.16 bits per heavy atom. The second-order valence-corrected chi connectivity index (χ2v) is 4.64. The van der Waals surface area contributed by atoms with Crippen molar-refractivity contribution in [2.75, 3.05) is 0 Å². The van der Waals surface area contributed by atoms with Crippen molar-refractivity contribution in [2.24, 2.45) is 0 Å². The molecule has 0 saturated carbocycles. The second kappa shape index (κ2) is 4.78. The van der Waals surface area contributed by atoms with Gasteiger partial charge in [-0.3, -0.25) is 15.0 Å². The average molecular weight is 271 g/mol. The number of aromatic amines is 2. The largest absolute Gasteiger partial charge is 0.297 e. The third-order valence-corrected chi connectivity index (χ3v) is 3.23. The lowest BCUT2D eigenvalue weighted by Gasteiger charge is -2.03. The Morgan fingerprint density at radius 2 is 1.47 bits per heavy atom. The van der Waals surface area contributed by atoms with Gasteiger partial charge in [0.2, 0.25) is 0 Å². The fourth-order valence-electron chi connectivity index (χ4n) is 2.07. The van der Waals surface area contributed by atoms with Crippen LogP contribution in [0.2, 0.25) is 5.02 Å². The van der Waals surface area contributed by atoms with Gasteiger partial charge in [0.25, 0.3) is 5.56 Å². The predicted molar refractivity (Wildman–Crippen MR) is 77.3 cm³/mol. The third kappa shape index (κ3) is 2.20. The number of H-pyrrole nitrogens is 2. The molecule has 19 heavy (non-hydrogen) atoms. The summed E-state index contributed by atoms with van der Waals surface area (Å²) in [7, 11) is 0. The Hall–Kier alpha value is -2.26. The molecule has 0 unspecified atom stereocenters. The van der Waals surface area contributed by atoms with Crippen LogP contribution in [-0.2, 0) is 0 Å².